The van der Waals surface area contributed by atoms with Crippen LogP contribution in [0.4, 0.5) is 0 Å². The van der Waals surface area contributed by atoms with Crippen LogP contribution >= 0.6 is 0 Å². The second kappa shape index (κ2) is 4.85. The Morgan fingerprint density at radius 2 is 1.91 bits per heavy atom. The number of nitrogens with zero attached hydrogens (tertiary/aromatic N) is 2. The minimum atomic E-state index is -0.873. The maximum absolute atomic E-state index is 11.3. The average molecular weight is 294 g/mol. The largest absolute Gasteiger partial charge is 0.478 e. The minimum Gasteiger partial charge on any atom is -0.478 e. The smallest absolute Gasteiger partial charge is 0.335 e. The van der Waals surface area contributed by atoms with Gasteiger partial charge in [0.2, 0.25) is 0 Å². The first-order valence-electron chi connectivity index (χ1n) is 7.59. The van der Waals surface area contributed by atoms with Crippen LogP contribution in [0.3, 0.4) is 0 Å². The summed E-state index contributed by atoms with van der Waals surface area (Å²) in [5, 5.41) is 11.6. The Morgan fingerprint density at radius 3 is 2.64 bits per heavy atom. The summed E-state index contributed by atoms with van der Waals surface area (Å²) in [6.07, 6.45) is 1.10. The van der Waals surface area contributed by atoms with Gasteiger partial charge in [0.1, 0.15) is 0 Å². The molecule has 0 saturated carbocycles. The van der Waals surface area contributed by atoms with E-state index in [2.05, 4.69) is 34.7 Å². The van der Waals surface area contributed by atoms with E-state index < -0.39 is 5.97 Å². The van der Waals surface area contributed by atoms with Gasteiger partial charge in [0.05, 0.1) is 11.1 Å². The van der Waals surface area contributed by atoms with E-state index in [1.54, 1.807) is 6.07 Å². The van der Waals surface area contributed by atoms with Crippen LogP contribution in [0.2, 0.25) is 0 Å². The monoisotopic (exact) mass is 294 g/mol. The Morgan fingerprint density at radius 1 is 1.14 bits per heavy atom. The summed E-state index contributed by atoms with van der Waals surface area (Å²) in [7, 11) is 2.14. The van der Waals surface area contributed by atoms with Gasteiger partial charge in [0, 0.05) is 28.9 Å². The molecule has 1 atom stereocenters. The molecule has 0 unspecified atom stereocenters. The summed E-state index contributed by atoms with van der Waals surface area (Å²) >= 11 is 0. The van der Waals surface area contributed by atoms with E-state index in [1.807, 2.05) is 18.2 Å². The molecule has 1 fully saturated rings. The van der Waals surface area contributed by atoms with Crippen molar-refractivity contribution in [3.63, 3.8) is 0 Å². The number of benzene rings is 2. The summed E-state index contributed by atoms with van der Waals surface area (Å²) < 4.78 is 2.33. The zero-order valence-electron chi connectivity index (χ0n) is 12.5. The van der Waals surface area contributed by atoms with Crippen LogP contribution in [-0.4, -0.2) is 40.7 Å². The van der Waals surface area contributed by atoms with Crippen molar-refractivity contribution in [2.75, 3.05) is 20.1 Å². The fourth-order valence-corrected chi connectivity index (χ4v) is 3.65. The molecule has 2 aromatic carbocycles. The molecule has 4 rings (SSSR count). The molecule has 112 valence electrons. The zero-order chi connectivity index (χ0) is 15.3. The SMILES string of the molecule is CN1CC[C@@H](n2c3ccccc3c3ccc(C(=O)O)cc32)C1. The normalized spacial score (nSPS) is 19.2. The van der Waals surface area contributed by atoms with Crippen LogP contribution in [-0.2, 0) is 0 Å². The number of carboxylic acids is 1. The van der Waals surface area contributed by atoms with Gasteiger partial charge in [-0.3, -0.25) is 0 Å². The van der Waals surface area contributed by atoms with Crippen molar-refractivity contribution in [2.45, 2.75) is 12.5 Å². The van der Waals surface area contributed by atoms with E-state index in [9.17, 15) is 9.90 Å². The molecule has 1 N–H and O–H groups in total. The molecular weight excluding hydrogens is 276 g/mol. The van der Waals surface area contributed by atoms with Crippen molar-refractivity contribution in [3.8, 4) is 0 Å². The molecular formula is C18H18N2O2. The molecule has 3 aromatic rings. The Hall–Kier alpha value is -2.33. The van der Waals surface area contributed by atoms with Gasteiger partial charge in [0.25, 0.3) is 0 Å². The number of para-hydroxylation sites is 1. The number of hydrogen-bond donors (Lipinski definition) is 1. The Balaban J connectivity index is 2.04. The predicted molar refractivity (Wildman–Crippen MR) is 87.6 cm³/mol. The van der Waals surface area contributed by atoms with Crippen LogP contribution in [0.5, 0.6) is 0 Å². The fraction of sp³-hybridized carbons (Fsp3) is 0.278. The molecule has 22 heavy (non-hydrogen) atoms. The van der Waals surface area contributed by atoms with Crippen molar-refractivity contribution in [1.29, 1.82) is 0 Å². The molecule has 0 aliphatic carbocycles. The van der Waals surface area contributed by atoms with Gasteiger partial charge in [-0.25, -0.2) is 4.79 Å². The molecule has 0 bridgehead atoms. The third-order valence-electron chi connectivity index (χ3n) is 4.69. The molecule has 1 saturated heterocycles. The third-order valence-corrected chi connectivity index (χ3v) is 4.69. The first-order valence-corrected chi connectivity index (χ1v) is 7.59. The number of carbonyl (C=O) groups is 1. The highest BCUT2D eigenvalue weighted by Gasteiger charge is 2.24. The lowest BCUT2D eigenvalue weighted by atomic mass is 10.1. The third kappa shape index (κ3) is 1.91. The summed E-state index contributed by atoms with van der Waals surface area (Å²) in [5.74, 6) is -0.873. The Kier molecular flexibility index (Phi) is 2.94. The standard InChI is InChI=1S/C18H18N2O2/c1-19-9-8-13(11-19)20-16-5-3-2-4-14(16)15-7-6-12(18(21)22)10-17(15)20/h2-7,10,13H,8-9,11H2,1H3,(H,21,22)/t13-/m1/s1. The van der Waals surface area contributed by atoms with E-state index in [4.69, 9.17) is 0 Å². The molecule has 0 spiro atoms. The second-order valence-corrected chi connectivity index (χ2v) is 6.13. The molecule has 2 heterocycles. The number of carboxylic acid groups (broad SMARTS) is 1. The zero-order valence-corrected chi connectivity index (χ0v) is 12.5. The van der Waals surface area contributed by atoms with Crippen molar-refractivity contribution in [3.05, 3.63) is 48.0 Å². The van der Waals surface area contributed by atoms with E-state index in [-0.39, 0.29) is 0 Å². The topological polar surface area (TPSA) is 45.5 Å². The first kappa shape index (κ1) is 13.3. The van der Waals surface area contributed by atoms with Gasteiger partial charge in [0.15, 0.2) is 0 Å². The van der Waals surface area contributed by atoms with E-state index in [0.29, 0.717) is 11.6 Å². The number of aromatic nitrogens is 1. The number of hydrogen-bond acceptors (Lipinski definition) is 2. The van der Waals surface area contributed by atoms with E-state index in [1.165, 1.54) is 10.9 Å². The lowest BCUT2D eigenvalue weighted by Crippen LogP contribution is -2.16. The molecule has 0 radical (unpaired) electrons. The molecule has 4 heteroatoms. The van der Waals surface area contributed by atoms with Gasteiger partial charge in [-0.2, -0.15) is 0 Å². The lowest BCUT2D eigenvalue weighted by molar-refractivity contribution is 0.0697. The molecule has 1 aliphatic rings. The Bertz CT molecular complexity index is 881. The van der Waals surface area contributed by atoms with Gasteiger partial charge >= 0.3 is 5.97 Å². The first-order chi connectivity index (χ1) is 10.6. The van der Waals surface area contributed by atoms with E-state index >= 15 is 0 Å². The number of rotatable bonds is 2. The summed E-state index contributed by atoms with van der Waals surface area (Å²) in [4.78, 5) is 13.7. The molecule has 4 nitrogen and oxygen atoms in total. The highest BCUT2D eigenvalue weighted by atomic mass is 16.4. The van der Waals surface area contributed by atoms with Crippen LogP contribution < -0.4 is 0 Å². The highest BCUT2D eigenvalue weighted by molar-refractivity contribution is 6.09. The maximum Gasteiger partial charge on any atom is 0.335 e. The summed E-state index contributed by atoms with van der Waals surface area (Å²) in [6, 6.07) is 14.2. The summed E-state index contributed by atoms with van der Waals surface area (Å²) in [6.45, 7) is 2.09. The van der Waals surface area contributed by atoms with Crippen LogP contribution in [0.15, 0.2) is 42.5 Å². The van der Waals surface area contributed by atoms with E-state index in [0.717, 1.165) is 30.4 Å². The van der Waals surface area contributed by atoms with Crippen molar-refractivity contribution in [1.82, 2.24) is 9.47 Å². The highest BCUT2D eigenvalue weighted by Crippen LogP contribution is 2.35. The summed E-state index contributed by atoms with van der Waals surface area (Å²) in [5.41, 5.74) is 2.57. The quantitative estimate of drug-likeness (QED) is 0.788. The van der Waals surface area contributed by atoms with Gasteiger partial charge in [-0.05, 0) is 38.2 Å². The number of fused-ring (bicyclic) bond motifs is 3. The molecule has 1 aromatic heterocycles. The maximum atomic E-state index is 11.3. The number of likely N-dealkylation sites (N-methyl/N-ethyl adjacent to an activating group) is 1. The van der Waals surface area contributed by atoms with Crippen LogP contribution in [0, 0.1) is 0 Å². The fourth-order valence-electron chi connectivity index (χ4n) is 3.65. The van der Waals surface area contributed by atoms with Crippen molar-refractivity contribution >= 4 is 27.8 Å². The second-order valence-electron chi connectivity index (χ2n) is 6.13. The van der Waals surface area contributed by atoms with Gasteiger partial charge in [-0.15, -0.1) is 0 Å². The molecule has 1 aliphatic heterocycles. The Labute approximate surface area is 128 Å². The van der Waals surface area contributed by atoms with Crippen molar-refractivity contribution < 1.29 is 9.90 Å². The van der Waals surface area contributed by atoms with Crippen molar-refractivity contribution in [2.24, 2.45) is 0 Å². The van der Waals surface area contributed by atoms with Gasteiger partial charge < -0.3 is 14.6 Å². The van der Waals surface area contributed by atoms with Crippen LogP contribution in [0.25, 0.3) is 21.8 Å². The average Bonchev–Trinajstić information content (AvgIpc) is 3.07. The van der Waals surface area contributed by atoms with Crippen LogP contribution in [0.1, 0.15) is 22.8 Å². The number of aromatic carboxylic acids is 1. The number of likely N-dealkylation sites (tertiary alicyclic amines) is 1. The lowest BCUT2D eigenvalue weighted by Gasteiger charge is -2.16. The predicted octanol–water partition coefficient (Wildman–Crippen LogP) is 3.37. The molecule has 0 amide bonds. The van der Waals surface area contributed by atoms with Gasteiger partial charge in [-0.1, -0.05) is 24.3 Å². The minimum absolute atomic E-state index is 0.350.